The van der Waals surface area contributed by atoms with E-state index in [0.717, 1.165) is 4.90 Å². The van der Waals surface area contributed by atoms with Crippen LogP contribution in [-0.4, -0.2) is 56.7 Å². The number of carbonyl (C=O) groups is 3. The Labute approximate surface area is 227 Å². The number of hydrogen-bond acceptors (Lipinski definition) is 7. The van der Waals surface area contributed by atoms with Crippen molar-refractivity contribution in [2.45, 2.75) is 25.9 Å². The minimum absolute atomic E-state index is 0.0819. The van der Waals surface area contributed by atoms with E-state index in [4.69, 9.17) is 18.9 Å². The highest BCUT2D eigenvalue weighted by atomic mass is 16.5. The molecule has 1 unspecified atom stereocenters. The summed E-state index contributed by atoms with van der Waals surface area (Å²) in [5.41, 5.74) is 1.65. The molecular weight excluding hydrogens is 502 g/mol. The highest BCUT2D eigenvalue weighted by Gasteiger charge is 2.46. The fourth-order valence-electron chi connectivity index (χ4n) is 4.35. The Balaban J connectivity index is 1.59. The van der Waals surface area contributed by atoms with Gasteiger partial charge in [0.05, 0.1) is 40.0 Å². The van der Waals surface area contributed by atoms with Crippen LogP contribution < -0.4 is 29.2 Å². The van der Waals surface area contributed by atoms with Crippen LogP contribution in [0.2, 0.25) is 0 Å². The van der Waals surface area contributed by atoms with Crippen molar-refractivity contribution >= 4 is 29.2 Å². The smallest absolute Gasteiger partial charge is 0.332 e. The Morgan fingerprint density at radius 3 is 2.13 bits per heavy atom. The number of urea groups is 1. The van der Waals surface area contributed by atoms with E-state index in [0.29, 0.717) is 46.5 Å². The van der Waals surface area contributed by atoms with Gasteiger partial charge in [-0.25, -0.2) is 9.69 Å². The van der Waals surface area contributed by atoms with E-state index < -0.39 is 23.9 Å². The Morgan fingerprint density at radius 2 is 1.51 bits per heavy atom. The summed E-state index contributed by atoms with van der Waals surface area (Å²) in [6.07, 6.45) is -0.224. The molecule has 10 heteroatoms. The number of imide groups is 1. The quantitative estimate of drug-likeness (QED) is 0.362. The van der Waals surface area contributed by atoms with Crippen LogP contribution >= 0.6 is 0 Å². The summed E-state index contributed by atoms with van der Waals surface area (Å²) in [6.45, 7) is 2.50. The topological polar surface area (TPSA) is 107 Å². The molecule has 0 bridgehead atoms. The first-order chi connectivity index (χ1) is 18.9. The van der Waals surface area contributed by atoms with E-state index in [1.165, 1.54) is 26.2 Å². The number of carbonyl (C=O) groups excluding carboxylic acids is 3. The van der Waals surface area contributed by atoms with Gasteiger partial charge in [0.25, 0.3) is 5.91 Å². The second-order valence-corrected chi connectivity index (χ2v) is 8.70. The summed E-state index contributed by atoms with van der Waals surface area (Å²) < 4.78 is 21.3. The van der Waals surface area contributed by atoms with Crippen molar-refractivity contribution in [2.24, 2.45) is 0 Å². The molecule has 39 heavy (non-hydrogen) atoms. The number of nitrogens with zero attached hydrogens (tertiary/aromatic N) is 2. The average Bonchev–Trinajstić information content (AvgIpc) is 3.17. The van der Waals surface area contributed by atoms with Gasteiger partial charge in [-0.3, -0.25) is 9.59 Å². The minimum atomic E-state index is -1.02. The van der Waals surface area contributed by atoms with E-state index in [2.05, 4.69) is 5.32 Å². The van der Waals surface area contributed by atoms with Gasteiger partial charge < -0.3 is 29.2 Å². The lowest BCUT2D eigenvalue weighted by molar-refractivity contribution is -0.124. The molecule has 10 nitrogen and oxygen atoms in total. The van der Waals surface area contributed by atoms with Crippen LogP contribution in [0.4, 0.5) is 16.2 Å². The lowest BCUT2D eigenvalue weighted by Crippen LogP contribution is -2.37. The van der Waals surface area contributed by atoms with E-state index in [-0.39, 0.29) is 13.0 Å². The first kappa shape index (κ1) is 27.3. The zero-order chi connectivity index (χ0) is 27.9. The highest BCUT2D eigenvalue weighted by Crippen LogP contribution is 2.32. The predicted octanol–water partition coefficient (Wildman–Crippen LogP) is 4.48. The van der Waals surface area contributed by atoms with E-state index in [1.807, 2.05) is 6.92 Å². The molecule has 1 saturated heterocycles. The highest BCUT2D eigenvalue weighted by molar-refractivity contribution is 6.22. The van der Waals surface area contributed by atoms with Crippen LogP contribution in [0.15, 0.2) is 66.7 Å². The number of nitrogens with one attached hydrogen (secondary N) is 1. The predicted molar refractivity (Wildman–Crippen MR) is 146 cm³/mol. The minimum Gasteiger partial charge on any atom is -0.497 e. The van der Waals surface area contributed by atoms with Gasteiger partial charge >= 0.3 is 6.03 Å². The van der Waals surface area contributed by atoms with Crippen LogP contribution in [0.25, 0.3) is 0 Å². The molecule has 3 aromatic carbocycles. The van der Waals surface area contributed by atoms with Crippen LogP contribution in [0, 0.1) is 0 Å². The third-order valence-corrected chi connectivity index (χ3v) is 6.28. The third kappa shape index (κ3) is 6.06. The summed E-state index contributed by atoms with van der Waals surface area (Å²) >= 11 is 0. The van der Waals surface area contributed by atoms with Gasteiger partial charge in [0.1, 0.15) is 17.5 Å². The van der Waals surface area contributed by atoms with Crippen molar-refractivity contribution in [1.82, 2.24) is 4.90 Å². The molecule has 0 saturated carbocycles. The fourth-order valence-corrected chi connectivity index (χ4v) is 4.35. The largest absolute Gasteiger partial charge is 0.497 e. The lowest BCUT2D eigenvalue weighted by Gasteiger charge is -2.22. The third-order valence-electron chi connectivity index (χ3n) is 6.28. The van der Waals surface area contributed by atoms with Gasteiger partial charge in [-0.1, -0.05) is 6.07 Å². The number of amides is 4. The molecule has 1 heterocycles. The number of methoxy groups -OCH3 is 3. The maximum atomic E-state index is 13.6. The Morgan fingerprint density at radius 1 is 0.846 bits per heavy atom. The van der Waals surface area contributed by atoms with Crippen molar-refractivity contribution in [3.63, 3.8) is 0 Å². The molecule has 4 rings (SSSR count). The first-order valence-corrected chi connectivity index (χ1v) is 12.4. The maximum absolute atomic E-state index is 13.6. The molecule has 1 fully saturated rings. The second-order valence-electron chi connectivity index (χ2n) is 8.70. The van der Waals surface area contributed by atoms with E-state index >= 15 is 0 Å². The Kier molecular flexibility index (Phi) is 8.55. The number of rotatable bonds is 11. The fraction of sp³-hybridized carbons (Fsp3) is 0.276. The Bertz CT molecular complexity index is 1330. The molecule has 3 aromatic rings. The number of anilines is 2. The van der Waals surface area contributed by atoms with Crippen molar-refractivity contribution in [1.29, 1.82) is 0 Å². The second kappa shape index (κ2) is 12.2. The zero-order valence-electron chi connectivity index (χ0n) is 22.3. The van der Waals surface area contributed by atoms with Crippen molar-refractivity contribution < 1.29 is 33.3 Å². The molecule has 4 amide bonds. The summed E-state index contributed by atoms with van der Waals surface area (Å²) in [4.78, 5) is 42.7. The monoisotopic (exact) mass is 533 g/mol. The normalized spacial score (nSPS) is 14.8. The van der Waals surface area contributed by atoms with E-state index in [9.17, 15) is 14.4 Å². The van der Waals surface area contributed by atoms with Gasteiger partial charge in [-0.2, -0.15) is 0 Å². The molecular formula is C29H31N3O7. The number of ether oxygens (including phenoxy) is 4. The van der Waals surface area contributed by atoms with Gasteiger partial charge in [-0.05, 0) is 73.2 Å². The number of benzene rings is 3. The van der Waals surface area contributed by atoms with Gasteiger partial charge in [-0.15, -0.1) is 0 Å². The molecule has 0 aliphatic carbocycles. The van der Waals surface area contributed by atoms with Crippen LogP contribution in [0.1, 0.15) is 18.9 Å². The zero-order valence-corrected chi connectivity index (χ0v) is 22.3. The van der Waals surface area contributed by atoms with Crippen molar-refractivity contribution in [3.8, 4) is 23.0 Å². The molecule has 0 aromatic heterocycles. The lowest BCUT2D eigenvalue weighted by atomic mass is 10.1. The standard InChI is InChI=1S/C29H31N3O7/c1-5-39-23-11-7-20(8-12-23)30-27(33)17-24-28(34)32(21-9-13-22(36-2)14-10-21)29(35)31(24)18-19-6-15-25(37-3)26(16-19)38-4/h6-16,24H,5,17-18H2,1-4H3,(H,30,33). The summed E-state index contributed by atoms with van der Waals surface area (Å²) in [7, 11) is 4.59. The summed E-state index contributed by atoms with van der Waals surface area (Å²) in [6, 6.07) is 17.2. The molecule has 1 aliphatic rings. The number of hydrogen-bond donors (Lipinski definition) is 1. The maximum Gasteiger partial charge on any atom is 0.332 e. The molecule has 0 spiro atoms. The van der Waals surface area contributed by atoms with Gasteiger partial charge in [0.2, 0.25) is 5.91 Å². The SMILES string of the molecule is CCOc1ccc(NC(=O)CC2C(=O)N(c3ccc(OC)cc3)C(=O)N2Cc2ccc(OC)c(OC)c2)cc1. The van der Waals surface area contributed by atoms with Crippen molar-refractivity contribution in [2.75, 3.05) is 38.2 Å². The first-order valence-electron chi connectivity index (χ1n) is 12.4. The van der Waals surface area contributed by atoms with Crippen LogP contribution in [-0.2, 0) is 16.1 Å². The van der Waals surface area contributed by atoms with Gasteiger partial charge in [0.15, 0.2) is 11.5 Å². The average molecular weight is 534 g/mol. The molecule has 1 aliphatic heterocycles. The van der Waals surface area contributed by atoms with Crippen molar-refractivity contribution in [3.05, 3.63) is 72.3 Å². The van der Waals surface area contributed by atoms with Crippen LogP contribution in [0.3, 0.4) is 0 Å². The van der Waals surface area contributed by atoms with Gasteiger partial charge in [0, 0.05) is 12.2 Å². The van der Waals surface area contributed by atoms with Crippen LogP contribution in [0.5, 0.6) is 23.0 Å². The Hall–Kier alpha value is -4.73. The van der Waals surface area contributed by atoms with E-state index in [1.54, 1.807) is 66.7 Å². The molecule has 1 N–H and O–H groups in total. The molecule has 0 radical (unpaired) electrons. The summed E-state index contributed by atoms with van der Waals surface area (Å²) in [5.74, 6) is 1.40. The summed E-state index contributed by atoms with van der Waals surface area (Å²) in [5, 5.41) is 2.80. The molecule has 204 valence electrons. The molecule has 1 atom stereocenters.